The van der Waals surface area contributed by atoms with Gasteiger partial charge in [-0.15, -0.1) is 0 Å². The number of hydrogen-bond donors (Lipinski definition) is 1. The maximum Gasteiger partial charge on any atom is 0.330 e. The number of carboxylic acid groups (broad SMARTS) is 1. The van der Waals surface area contributed by atoms with Gasteiger partial charge >= 0.3 is 5.97 Å². The van der Waals surface area contributed by atoms with E-state index in [1.807, 2.05) is 0 Å². The highest BCUT2D eigenvalue weighted by Crippen LogP contribution is 2.11. The molecule has 20 heavy (non-hydrogen) atoms. The fraction of sp³-hybridized carbons (Fsp3) is 0.833. The largest absolute Gasteiger partial charge is 0.478 e. The summed E-state index contributed by atoms with van der Waals surface area (Å²) in [5, 5.41) is 7.89. The molecule has 0 saturated heterocycles. The number of hydrogen-bond acceptors (Lipinski definition) is 1. The number of aliphatic carboxylic acids is 1. The van der Waals surface area contributed by atoms with Crippen molar-refractivity contribution in [3.05, 3.63) is 12.2 Å². The van der Waals surface area contributed by atoms with Crippen LogP contribution in [0.3, 0.4) is 0 Å². The van der Waals surface area contributed by atoms with Gasteiger partial charge in [-0.1, -0.05) is 97.5 Å². The predicted octanol–water partition coefficient (Wildman–Crippen LogP) is 6.35. The van der Waals surface area contributed by atoms with Crippen LogP contribution in [0.1, 0.15) is 97.8 Å². The highest BCUT2D eigenvalue weighted by molar-refractivity contribution is 5.84. The van der Waals surface area contributed by atoms with Gasteiger partial charge in [0.05, 0.1) is 0 Å². The van der Waals surface area contributed by atoms with Gasteiger partial charge in [-0.25, -0.2) is 4.79 Å². The molecule has 0 spiro atoms. The molecule has 120 valence electrons. The van der Waals surface area contributed by atoms with Crippen LogP contribution in [0.25, 0.3) is 0 Å². The second kappa shape index (κ2) is 18.2. The van der Waals surface area contributed by atoms with Crippen molar-refractivity contribution in [1.29, 1.82) is 0 Å². The molecule has 0 fully saturated rings. The van der Waals surface area contributed by atoms with Gasteiger partial charge in [-0.2, -0.15) is 0 Å². The lowest BCUT2D eigenvalue weighted by Gasteiger charge is -2.01. The van der Waals surface area contributed by atoms with Crippen LogP contribution < -0.4 is 0 Å². The zero-order chi connectivity index (χ0) is 15.6. The summed E-state index contributed by atoms with van der Waals surface area (Å²) in [6.07, 6.45) is 17.4. The van der Waals surface area contributed by atoms with E-state index < -0.39 is 5.97 Å². The lowest BCUT2D eigenvalue weighted by atomic mass is 10.1. The third kappa shape index (κ3) is 22.4. The molecule has 0 aliphatic heterocycles. The first kappa shape index (κ1) is 21.5. The van der Waals surface area contributed by atoms with Crippen LogP contribution in [0, 0.1) is 0 Å². The normalized spacial score (nSPS) is 9.75. The number of carboxylic acids is 1. The van der Waals surface area contributed by atoms with Crippen molar-refractivity contribution in [3.8, 4) is 0 Å². The van der Waals surface area contributed by atoms with Crippen molar-refractivity contribution < 1.29 is 9.90 Å². The van der Waals surface area contributed by atoms with E-state index in [1.165, 1.54) is 84.0 Å². The van der Waals surface area contributed by atoms with Crippen LogP contribution in [0.5, 0.6) is 0 Å². The van der Waals surface area contributed by atoms with Crippen LogP contribution in [0.4, 0.5) is 0 Å². The van der Waals surface area contributed by atoms with E-state index in [2.05, 4.69) is 20.4 Å². The number of unbranched alkanes of at least 4 members (excludes halogenated alkanes) is 11. The first-order valence-corrected chi connectivity index (χ1v) is 8.45. The lowest BCUT2D eigenvalue weighted by Crippen LogP contribution is -1.92. The van der Waals surface area contributed by atoms with Gasteiger partial charge in [0.25, 0.3) is 0 Å². The van der Waals surface area contributed by atoms with Crippen molar-refractivity contribution >= 4 is 5.97 Å². The van der Waals surface area contributed by atoms with E-state index in [0.29, 0.717) is 0 Å². The molecule has 0 aromatic heterocycles. The van der Waals surface area contributed by atoms with Gasteiger partial charge < -0.3 is 5.11 Å². The van der Waals surface area contributed by atoms with Crippen LogP contribution in [0.2, 0.25) is 0 Å². The summed E-state index contributed by atoms with van der Waals surface area (Å²) in [4.78, 5) is 9.60. The van der Waals surface area contributed by atoms with Crippen LogP contribution in [0.15, 0.2) is 12.2 Å². The zero-order valence-electron chi connectivity index (χ0n) is 14.0. The molecular weight excluding hydrogens is 248 g/mol. The molecular formula is C18H36O2. The molecule has 0 atom stereocenters. The minimum absolute atomic E-state index is 0.176. The predicted molar refractivity (Wildman–Crippen MR) is 89.2 cm³/mol. The summed E-state index contributed by atoms with van der Waals surface area (Å²) in [5.74, 6) is -0.935. The molecule has 0 aromatic carbocycles. The second-order valence-electron chi connectivity index (χ2n) is 5.62. The second-order valence-corrected chi connectivity index (χ2v) is 5.62. The minimum Gasteiger partial charge on any atom is -0.478 e. The third-order valence-electron chi connectivity index (χ3n) is 3.32. The Bertz CT molecular complexity index is 197. The molecule has 0 aliphatic carbocycles. The Morgan fingerprint density at radius 2 is 0.950 bits per heavy atom. The molecule has 0 rings (SSSR count). The Kier molecular flexibility index (Phi) is 19.6. The molecule has 0 bridgehead atoms. The number of rotatable bonds is 12. The molecule has 0 heterocycles. The van der Waals surface area contributed by atoms with E-state index in [1.54, 1.807) is 0 Å². The van der Waals surface area contributed by atoms with E-state index in [4.69, 9.17) is 5.11 Å². The topological polar surface area (TPSA) is 37.3 Å². The number of carbonyl (C=O) groups is 1. The summed E-state index contributed by atoms with van der Waals surface area (Å²) in [7, 11) is 0. The lowest BCUT2D eigenvalue weighted by molar-refractivity contribution is -0.132. The Labute approximate surface area is 126 Å². The van der Waals surface area contributed by atoms with Gasteiger partial charge in [-0.05, 0) is 6.92 Å². The Morgan fingerprint density at radius 3 is 1.10 bits per heavy atom. The smallest absolute Gasteiger partial charge is 0.330 e. The first-order chi connectivity index (χ1) is 9.56. The molecule has 0 saturated carbocycles. The molecule has 2 nitrogen and oxygen atoms in total. The summed E-state index contributed by atoms with van der Waals surface area (Å²) in [6, 6.07) is 0. The highest BCUT2D eigenvalue weighted by atomic mass is 16.4. The van der Waals surface area contributed by atoms with E-state index in [9.17, 15) is 4.79 Å². The van der Waals surface area contributed by atoms with Crippen molar-refractivity contribution in [2.45, 2.75) is 97.8 Å². The van der Waals surface area contributed by atoms with Gasteiger partial charge in [0.2, 0.25) is 0 Å². The van der Waals surface area contributed by atoms with Crippen LogP contribution in [-0.2, 0) is 4.79 Å². The van der Waals surface area contributed by atoms with Crippen molar-refractivity contribution in [3.63, 3.8) is 0 Å². The van der Waals surface area contributed by atoms with Crippen LogP contribution in [-0.4, -0.2) is 11.1 Å². The van der Waals surface area contributed by atoms with E-state index in [0.717, 1.165) is 0 Å². The van der Waals surface area contributed by atoms with Crippen molar-refractivity contribution in [2.24, 2.45) is 0 Å². The van der Waals surface area contributed by atoms with Crippen molar-refractivity contribution in [2.75, 3.05) is 0 Å². The quantitative estimate of drug-likeness (QED) is 0.334. The molecule has 0 aromatic rings. The average molecular weight is 284 g/mol. The average Bonchev–Trinajstić information content (AvgIpc) is 2.41. The maximum atomic E-state index is 9.60. The summed E-state index contributed by atoms with van der Waals surface area (Å²) < 4.78 is 0. The molecule has 0 amide bonds. The monoisotopic (exact) mass is 284 g/mol. The molecule has 0 radical (unpaired) electrons. The zero-order valence-corrected chi connectivity index (χ0v) is 14.0. The Hall–Kier alpha value is -0.790. The Balaban J connectivity index is 0. The van der Waals surface area contributed by atoms with Gasteiger partial charge in [0, 0.05) is 5.57 Å². The van der Waals surface area contributed by atoms with Gasteiger partial charge in [0.15, 0.2) is 0 Å². The van der Waals surface area contributed by atoms with Crippen LogP contribution >= 0.6 is 0 Å². The summed E-state index contributed by atoms with van der Waals surface area (Å²) >= 11 is 0. The fourth-order valence-corrected chi connectivity index (χ4v) is 1.91. The third-order valence-corrected chi connectivity index (χ3v) is 3.32. The molecule has 2 heteroatoms. The summed E-state index contributed by atoms with van der Waals surface area (Å²) in [5.41, 5.74) is 0.176. The van der Waals surface area contributed by atoms with Gasteiger partial charge in [0.1, 0.15) is 0 Å². The first-order valence-electron chi connectivity index (χ1n) is 8.45. The fourth-order valence-electron chi connectivity index (χ4n) is 1.91. The van der Waals surface area contributed by atoms with E-state index >= 15 is 0 Å². The highest BCUT2D eigenvalue weighted by Gasteiger charge is 1.92. The Morgan fingerprint density at radius 1 is 0.750 bits per heavy atom. The molecule has 0 aliphatic rings. The standard InChI is InChI=1S/C14H30.C4H6O2/c1-3-5-7-9-11-13-14-12-10-8-6-4-2;1-3(2)4(5)6/h3-14H2,1-2H3;1H2,2H3,(H,5,6). The molecule has 1 N–H and O–H groups in total. The van der Waals surface area contributed by atoms with Crippen molar-refractivity contribution in [1.82, 2.24) is 0 Å². The molecule has 0 unspecified atom stereocenters. The maximum absolute atomic E-state index is 9.60. The van der Waals surface area contributed by atoms with Gasteiger partial charge in [-0.3, -0.25) is 0 Å². The SMILES string of the molecule is C=C(C)C(=O)O.CCCCCCCCCCCCCC. The van der Waals surface area contributed by atoms with E-state index in [-0.39, 0.29) is 5.57 Å². The minimum atomic E-state index is -0.935. The summed E-state index contributed by atoms with van der Waals surface area (Å²) in [6.45, 7) is 9.17.